The van der Waals surface area contributed by atoms with Crippen molar-refractivity contribution in [2.75, 3.05) is 12.4 Å². The van der Waals surface area contributed by atoms with Crippen LogP contribution in [0.15, 0.2) is 74.3 Å². The van der Waals surface area contributed by atoms with Gasteiger partial charge in [0.25, 0.3) is 5.91 Å². The van der Waals surface area contributed by atoms with E-state index < -0.39 is 59.6 Å². The molecule has 13 heteroatoms. The van der Waals surface area contributed by atoms with Crippen molar-refractivity contribution in [3.63, 3.8) is 0 Å². The largest absolute Gasteiger partial charge is 0.505 e. The number of carbonyl (C=O) groups excluding carboxylic acids is 1. The molecule has 12 nitrogen and oxygen atoms in total. The van der Waals surface area contributed by atoms with E-state index in [0.29, 0.717) is 5.56 Å². The summed E-state index contributed by atoms with van der Waals surface area (Å²) in [5.41, 5.74) is 5.16. The molecule has 4 aromatic rings. The van der Waals surface area contributed by atoms with E-state index in [1.165, 1.54) is 19.2 Å². The topological polar surface area (TPSA) is 183 Å². The number of benzene rings is 3. The molecule has 238 valence electrons. The van der Waals surface area contributed by atoms with Gasteiger partial charge in [0.05, 0.1) is 11.0 Å². The van der Waals surface area contributed by atoms with E-state index >= 15 is 0 Å². The van der Waals surface area contributed by atoms with Crippen LogP contribution in [0, 0.1) is 6.92 Å². The number of nitrogens with one attached hydrogen (secondary N) is 1. The van der Waals surface area contributed by atoms with Gasteiger partial charge in [0.2, 0.25) is 12.7 Å². The number of halogens is 1. The lowest BCUT2D eigenvalue weighted by Gasteiger charge is -2.48. The van der Waals surface area contributed by atoms with Crippen molar-refractivity contribution < 1.29 is 43.5 Å². The second-order valence-electron chi connectivity index (χ2n) is 11.0. The number of amides is 1. The smallest absolute Gasteiger partial charge is 0.364 e. The normalized spacial score (nSPS) is 21.8. The number of aromatic hydroxyl groups is 1. The van der Waals surface area contributed by atoms with Gasteiger partial charge >= 0.3 is 5.63 Å². The van der Waals surface area contributed by atoms with Gasteiger partial charge in [-0.2, -0.15) is 0 Å². The monoisotopic (exact) mass is 684 g/mol. The summed E-state index contributed by atoms with van der Waals surface area (Å²) in [6.45, 7) is 4.97. The van der Waals surface area contributed by atoms with Crippen LogP contribution < -0.4 is 21.4 Å². The third-order valence-electron chi connectivity index (χ3n) is 7.61. The highest BCUT2D eigenvalue weighted by atomic mass is 79.9. The average molecular weight is 686 g/mol. The van der Waals surface area contributed by atoms with Gasteiger partial charge in [0.15, 0.2) is 11.4 Å². The second kappa shape index (κ2) is 12.9. The minimum Gasteiger partial charge on any atom is -0.505 e. The molecular formula is C32H33BrN2O10. The Morgan fingerprint density at radius 1 is 1.13 bits per heavy atom. The third kappa shape index (κ3) is 6.47. The molecule has 5 atom stereocenters. The van der Waals surface area contributed by atoms with Crippen molar-refractivity contribution in [2.45, 2.75) is 57.4 Å². The van der Waals surface area contributed by atoms with E-state index in [-0.39, 0.29) is 22.3 Å². The molecule has 1 aliphatic rings. The maximum atomic E-state index is 13.2. The predicted octanol–water partition coefficient (Wildman–Crippen LogP) is 4.00. The van der Waals surface area contributed by atoms with Crippen LogP contribution >= 0.6 is 15.9 Å². The average Bonchev–Trinajstić information content (AvgIpc) is 2.99. The number of hydrogen-bond donors (Lipinski definition) is 5. The van der Waals surface area contributed by atoms with Gasteiger partial charge in [-0.3, -0.25) is 10.5 Å². The molecule has 0 saturated carbocycles. The van der Waals surface area contributed by atoms with Crippen molar-refractivity contribution in [3.05, 3.63) is 86.7 Å². The van der Waals surface area contributed by atoms with Crippen LogP contribution in [0.1, 0.15) is 29.8 Å². The van der Waals surface area contributed by atoms with Gasteiger partial charge in [0.1, 0.15) is 29.6 Å². The highest BCUT2D eigenvalue weighted by molar-refractivity contribution is 9.10. The number of hydrogen-bond acceptors (Lipinski definition) is 11. The van der Waals surface area contributed by atoms with Crippen LogP contribution in [0.5, 0.6) is 11.5 Å². The van der Waals surface area contributed by atoms with Crippen LogP contribution in [0.25, 0.3) is 22.1 Å². The first-order valence-electron chi connectivity index (χ1n) is 13.9. The number of rotatable bonds is 8. The number of nitrogens with two attached hydrogens (primary N) is 1. The Kier molecular flexibility index (Phi) is 9.33. The number of ether oxygens (including phenoxy) is 4. The molecule has 3 aromatic carbocycles. The van der Waals surface area contributed by atoms with E-state index in [4.69, 9.17) is 29.1 Å². The number of aliphatic hydroxyl groups excluding tert-OH is 2. The Hall–Kier alpha value is -3.82. The summed E-state index contributed by atoms with van der Waals surface area (Å²) in [4.78, 5) is 26.2. The Balaban J connectivity index is 1.42. The van der Waals surface area contributed by atoms with E-state index in [9.17, 15) is 24.9 Å². The third-order valence-corrected chi connectivity index (χ3v) is 8.30. The van der Waals surface area contributed by atoms with Crippen molar-refractivity contribution in [1.29, 1.82) is 0 Å². The molecular weight excluding hydrogens is 652 g/mol. The zero-order valence-corrected chi connectivity index (χ0v) is 26.4. The van der Waals surface area contributed by atoms with Crippen molar-refractivity contribution >= 4 is 38.5 Å². The molecule has 1 aliphatic heterocycles. The minimum absolute atomic E-state index is 0.00608. The summed E-state index contributed by atoms with van der Waals surface area (Å²) < 4.78 is 29.1. The molecule has 2 heterocycles. The molecule has 0 spiro atoms. The summed E-state index contributed by atoms with van der Waals surface area (Å²) in [5.74, 6) is -0.953. The minimum atomic E-state index is -1.69. The van der Waals surface area contributed by atoms with E-state index in [1.807, 2.05) is 30.3 Å². The van der Waals surface area contributed by atoms with Gasteiger partial charge < -0.3 is 44.0 Å². The number of aliphatic hydroxyl groups is 2. The lowest BCUT2D eigenvalue weighted by molar-refractivity contribution is -0.329. The maximum Gasteiger partial charge on any atom is 0.364 e. The van der Waals surface area contributed by atoms with Gasteiger partial charge in [-0.15, -0.1) is 0 Å². The zero-order chi connectivity index (χ0) is 32.6. The van der Waals surface area contributed by atoms with E-state index in [0.717, 1.165) is 15.6 Å². The van der Waals surface area contributed by atoms with Gasteiger partial charge in [-0.05, 0) is 62.2 Å². The predicted molar refractivity (Wildman–Crippen MR) is 168 cm³/mol. The van der Waals surface area contributed by atoms with Crippen molar-refractivity contribution in [2.24, 2.45) is 5.73 Å². The number of carbonyl (C=O) groups is 1. The maximum absolute atomic E-state index is 13.2. The fourth-order valence-electron chi connectivity index (χ4n) is 5.43. The number of methoxy groups -OCH3 is 1. The summed E-state index contributed by atoms with van der Waals surface area (Å²) in [7, 11) is 1.41. The Labute approximate surface area is 266 Å². The second-order valence-corrected chi connectivity index (χ2v) is 11.9. The molecule has 0 radical (unpaired) electrons. The fraction of sp³-hybridized carbons (Fsp3) is 0.312. The lowest BCUT2D eigenvalue weighted by Crippen LogP contribution is -2.65. The quantitative estimate of drug-likeness (QED) is 0.134. The summed E-state index contributed by atoms with van der Waals surface area (Å²) >= 11 is 3.51. The van der Waals surface area contributed by atoms with Crippen LogP contribution in [0.3, 0.4) is 0 Å². The first kappa shape index (κ1) is 32.6. The Bertz CT molecular complexity index is 1790. The van der Waals surface area contributed by atoms with Gasteiger partial charge in [-0.1, -0.05) is 46.3 Å². The van der Waals surface area contributed by atoms with Crippen LogP contribution in [0.2, 0.25) is 0 Å². The molecule has 0 bridgehead atoms. The molecule has 45 heavy (non-hydrogen) atoms. The summed E-state index contributed by atoms with van der Waals surface area (Å²) in [6, 6.07) is 17.3. The summed E-state index contributed by atoms with van der Waals surface area (Å²) in [5, 5.41) is 34.3. The SMILES string of the molecule is CO[C@@H]1[C@@H](OC(N)O)[C@@H](O)[C@H](Oc2ccc3c(O)c(NC(=O)c4cccc(-c5ccccc5Br)c4)c(=O)oc3c2C)OC1(C)C. The lowest BCUT2D eigenvalue weighted by atomic mass is 9.89. The Morgan fingerprint density at radius 2 is 1.87 bits per heavy atom. The molecule has 1 aromatic heterocycles. The molecule has 1 unspecified atom stereocenters. The zero-order valence-electron chi connectivity index (χ0n) is 24.8. The molecule has 1 amide bonds. The standard InChI is InChI=1S/C32H33BrN2O10/c1-15-21(42-30-24(37)26(44-31(34)40)27(41-4)32(2,3)45-30)13-12-19-23(36)22(29(39)43-25(15)19)35-28(38)17-9-7-8-16(14-17)18-10-5-6-11-20(18)33/h5-14,24,26-27,30-31,36-37,40H,34H2,1-4H3,(H,35,38)/t24-,26+,27-,30-,31?/m1/s1. The molecule has 5 rings (SSSR count). The fourth-order valence-corrected chi connectivity index (χ4v) is 5.94. The van der Waals surface area contributed by atoms with Gasteiger partial charge in [0, 0.05) is 22.7 Å². The van der Waals surface area contributed by atoms with Crippen LogP contribution in [0.4, 0.5) is 5.69 Å². The molecule has 1 saturated heterocycles. The highest BCUT2D eigenvalue weighted by Crippen LogP contribution is 2.39. The van der Waals surface area contributed by atoms with Crippen molar-refractivity contribution in [3.8, 4) is 22.6 Å². The molecule has 6 N–H and O–H groups in total. The van der Waals surface area contributed by atoms with Gasteiger partial charge in [-0.25, -0.2) is 4.79 Å². The highest BCUT2D eigenvalue weighted by Gasteiger charge is 2.52. The van der Waals surface area contributed by atoms with Crippen molar-refractivity contribution in [1.82, 2.24) is 0 Å². The molecule has 1 fully saturated rings. The summed E-state index contributed by atoms with van der Waals surface area (Å²) in [6.07, 6.45) is -6.38. The molecule has 0 aliphatic carbocycles. The van der Waals surface area contributed by atoms with Crippen LogP contribution in [-0.2, 0) is 14.2 Å². The van der Waals surface area contributed by atoms with E-state index in [2.05, 4.69) is 21.2 Å². The van der Waals surface area contributed by atoms with E-state index in [1.54, 1.807) is 39.0 Å². The first-order valence-corrected chi connectivity index (χ1v) is 14.7. The Morgan fingerprint density at radius 3 is 2.56 bits per heavy atom. The number of anilines is 1. The first-order chi connectivity index (χ1) is 21.3. The number of fused-ring (bicyclic) bond motifs is 1. The van der Waals surface area contributed by atoms with Crippen LogP contribution in [-0.4, -0.2) is 65.0 Å². The number of aryl methyl sites for hydroxylation is 1.